The van der Waals surface area contributed by atoms with Crippen LogP contribution in [0, 0.1) is 0 Å². The number of phenols is 1. The molecule has 0 bridgehead atoms. The summed E-state index contributed by atoms with van der Waals surface area (Å²) in [6.45, 7) is 0.793. The minimum Gasteiger partial charge on any atom is -0.507 e. The molecule has 0 spiro atoms. The first-order chi connectivity index (χ1) is 9.13. The lowest BCUT2D eigenvalue weighted by molar-refractivity contribution is 0.0727. The lowest BCUT2D eigenvalue weighted by Crippen LogP contribution is -2.35. The summed E-state index contributed by atoms with van der Waals surface area (Å²) in [6.07, 6.45) is 4.21. The molecule has 2 rings (SSSR count). The summed E-state index contributed by atoms with van der Waals surface area (Å²) in [5, 5.41) is 10.9. The molecule has 1 atom stereocenters. The number of phenolic OH excluding ortho intramolecular Hbond substituents is 1. The van der Waals surface area contributed by atoms with Crippen LogP contribution in [0.4, 0.5) is 0 Å². The van der Waals surface area contributed by atoms with Gasteiger partial charge in [0.1, 0.15) is 5.75 Å². The highest BCUT2D eigenvalue weighted by Gasteiger charge is 2.30. The first kappa shape index (κ1) is 14.9. The van der Waals surface area contributed by atoms with E-state index in [1.54, 1.807) is 18.2 Å². The van der Waals surface area contributed by atoms with Crippen LogP contribution in [0.3, 0.4) is 0 Å². The van der Waals surface area contributed by atoms with Gasteiger partial charge in [0.25, 0.3) is 5.91 Å². The van der Waals surface area contributed by atoms with E-state index in [1.807, 2.05) is 4.90 Å². The Morgan fingerprint density at radius 1 is 1.47 bits per heavy atom. The number of rotatable bonds is 4. The Kier molecular flexibility index (Phi) is 5.28. The van der Waals surface area contributed by atoms with Crippen LogP contribution in [0.1, 0.15) is 36.0 Å². The van der Waals surface area contributed by atoms with Crippen molar-refractivity contribution in [2.75, 3.05) is 11.9 Å². The molecule has 1 fully saturated rings. The Morgan fingerprint density at radius 2 is 2.26 bits per heavy atom. The molecule has 5 heteroatoms. The molecule has 0 aromatic heterocycles. The van der Waals surface area contributed by atoms with Crippen molar-refractivity contribution in [1.82, 2.24) is 4.90 Å². The van der Waals surface area contributed by atoms with E-state index in [2.05, 4.69) is 31.9 Å². The lowest BCUT2D eigenvalue weighted by Gasteiger charge is -2.25. The highest BCUT2D eigenvalue weighted by Crippen LogP contribution is 2.28. The van der Waals surface area contributed by atoms with Gasteiger partial charge in [0.05, 0.1) is 5.56 Å². The van der Waals surface area contributed by atoms with Gasteiger partial charge in [-0.25, -0.2) is 0 Å². The zero-order valence-electron chi connectivity index (χ0n) is 10.6. The van der Waals surface area contributed by atoms with Crippen LogP contribution in [-0.4, -0.2) is 33.8 Å². The van der Waals surface area contributed by atoms with Gasteiger partial charge in [0.15, 0.2) is 0 Å². The molecule has 0 radical (unpaired) electrons. The Hall–Kier alpha value is -0.550. The van der Waals surface area contributed by atoms with Gasteiger partial charge >= 0.3 is 0 Å². The molecule has 1 saturated heterocycles. The molecular weight excluding hydrogens is 374 g/mol. The van der Waals surface area contributed by atoms with E-state index in [4.69, 9.17) is 0 Å². The highest BCUT2D eigenvalue weighted by molar-refractivity contribution is 9.10. The van der Waals surface area contributed by atoms with E-state index in [1.165, 1.54) is 0 Å². The number of benzene rings is 1. The summed E-state index contributed by atoms with van der Waals surface area (Å²) in [5.41, 5.74) is 0.397. The monoisotopic (exact) mass is 389 g/mol. The lowest BCUT2D eigenvalue weighted by atomic mass is 10.1. The van der Waals surface area contributed by atoms with E-state index >= 15 is 0 Å². The maximum atomic E-state index is 12.5. The molecule has 104 valence electrons. The first-order valence-corrected chi connectivity index (χ1v) is 8.40. The average Bonchev–Trinajstić information content (AvgIpc) is 2.83. The summed E-state index contributed by atoms with van der Waals surface area (Å²) in [7, 11) is 0. The molecule has 1 aromatic carbocycles. The predicted octanol–water partition coefficient (Wildman–Crippen LogP) is 3.93. The number of carbonyl (C=O) groups is 1. The van der Waals surface area contributed by atoms with Crippen molar-refractivity contribution in [2.45, 2.75) is 31.7 Å². The fourth-order valence-corrected chi connectivity index (χ4v) is 3.23. The molecule has 1 aromatic rings. The van der Waals surface area contributed by atoms with Gasteiger partial charge in [-0.05, 0) is 43.9 Å². The van der Waals surface area contributed by atoms with Gasteiger partial charge in [-0.2, -0.15) is 0 Å². The molecule has 1 N–H and O–H groups in total. The second kappa shape index (κ2) is 6.75. The van der Waals surface area contributed by atoms with Gasteiger partial charge in [-0.3, -0.25) is 4.79 Å². The molecule has 1 aliphatic heterocycles. The number of aromatic hydroxyl groups is 1. The van der Waals surface area contributed by atoms with E-state index in [9.17, 15) is 9.90 Å². The van der Waals surface area contributed by atoms with Crippen LogP contribution >= 0.6 is 31.9 Å². The average molecular weight is 391 g/mol. The molecule has 0 saturated carbocycles. The highest BCUT2D eigenvalue weighted by atomic mass is 79.9. The first-order valence-electron chi connectivity index (χ1n) is 6.49. The normalized spacial score (nSPS) is 18.8. The van der Waals surface area contributed by atoms with Crippen LogP contribution in [0.15, 0.2) is 22.7 Å². The zero-order valence-corrected chi connectivity index (χ0v) is 13.8. The molecular formula is C14H17Br2NO2. The number of hydrogen-bond donors (Lipinski definition) is 1. The number of nitrogens with zero attached hydrogens (tertiary/aromatic N) is 1. The third-order valence-electron chi connectivity index (χ3n) is 3.50. The summed E-state index contributed by atoms with van der Waals surface area (Å²) in [6, 6.07) is 5.35. The van der Waals surface area contributed by atoms with Crippen LogP contribution in [0.5, 0.6) is 5.75 Å². The van der Waals surface area contributed by atoms with Gasteiger partial charge in [0.2, 0.25) is 0 Å². The maximum absolute atomic E-state index is 12.5. The Bertz CT molecular complexity index is 465. The van der Waals surface area contributed by atoms with E-state index < -0.39 is 0 Å². The molecule has 1 aliphatic rings. The van der Waals surface area contributed by atoms with Gasteiger partial charge in [-0.15, -0.1) is 0 Å². The summed E-state index contributed by atoms with van der Waals surface area (Å²) in [4.78, 5) is 14.4. The zero-order chi connectivity index (χ0) is 13.8. The maximum Gasteiger partial charge on any atom is 0.257 e. The Morgan fingerprint density at radius 3 is 2.95 bits per heavy atom. The second-order valence-electron chi connectivity index (χ2n) is 4.79. The van der Waals surface area contributed by atoms with Crippen molar-refractivity contribution in [3.8, 4) is 5.75 Å². The van der Waals surface area contributed by atoms with Crippen LogP contribution in [-0.2, 0) is 0 Å². The minimum atomic E-state index is -0.0536. The predicted molar refractivity (Wildman–Crippen MR) is 82.9 cm³/mol. The molecule has 19 heavy (non-hydrogen) atoms. The quantitative estimate of drug-likeness (QED) is 0.791. The van der Waals surface area contributed by atoms with Crippen molar-refractivity contribution in [3.63, 3.8) is 0 Å². The molecule has 1 unspecified atom stereocenters. The fraction of sp³-hybridized carbons (Fsp3) is 0.500. The largest absolute Gasteiger partial charge is 0.507 e. The van der Waals surface area contributed by atoms with Crippen molar-refractivity contribution in [3.05, 3.63) is 28.2 Å². The standard InChI is InChI=1S/C14H17Br2NO2/c15-7-1-3-11-4-2-8-17(11)14(19)12-6-5-10(16)9-13(12)18/h5-6,9,11,18H,1-4,7-8H2. The van der Waals surface area contributed by atoms with Gasteiger partial charge in [0, 0.05) is 22.4 Å². The topological polar surface area (TPSA) is 40.5 Å². The third-order valence-corrected chi connectivity index (χ3v) is 4.55. The van der Waals surface area contributed by atoms with Gasteiger partial charge in [-0.1, -0.05) is 31.9 Å². The van der Waals surface area contributed by atoms with Crippen molar-refractivity contribution >= 4 is 37.8 Å². The van der Waals surface area contributed by atoms with E-state index in [0.717, 1.165) is 42.0 Å². The number of hydrogen-bond acceptors (Lipinski definition) is 2. The Labute approximate surface area is 130 Å². The summed E-state index contributed by atoms with van der Waals surface area (Å²) >= 11 is 6.71. The van der Waals surface area contributed by atoms with E-state index in [-0.39, 0.29) is 11.7 Å². The van der Waals surface area contributed by atoms with Crippen LogP contribution in [0.2, 0.25) is 0 Å². The van der Waals surface area contributed by atoms with Crippen molar-refractivity contribution < 1.29 is 9.90 Å². The molecule has 0 aliphatic carbocycles. The number of carbonyl (C=O) groups excluding carboxylic acids is 1. The van der Waals surface area contributed by atoms with Crippen LogP contribution in [0.25, 0.3) is 0 Å². The second-order valence-corrected chi connectivity index (χ2v) is 6.50. The van der Waals surface area contributed by atoms with Crippen molar-refractivity contribution in [1.29, 1.82) is 0 Å². The minimum absolute atomic E-state index is 0.0468. The number of halogens is 2. The fourth-order valence-electron chi connectivity index (χ4n) is 2.56. The summed E-state index contributed by atoms with van der Waals surface area (Å²) in [5.74, 6) is -0.00686. The summed E-state index contributed by atoms with van der Waals surface area (Å²) < 4.78 is 0.777. The number of likely N-dealkylation sites (tertiary alicyclic amines) is 1. The smallest absolute Gasteiger partial charge is 0.257 e. The molecule has 1 amide bonds. The molecule has 1 heterocycles. The Balaban J connectivity index is 2.13. The van der Waals surface area contributed by atoms with E-state index in [0.29, 0.717) is 11.6 Å². The van der Waals surface area contributed by atoms with Gasteiger partial charge < -0.3 is 10.0 Å². The SMILES string of the molecule is O=C(c1ccc(Br)cc1O)N1CCCC1CCCBr. The number of amides is 1. The van der Waals surface area contributed by atoms with Crippen molar-refractivity contribution in [2.24, 2.45) is 0 Å². The number of alkyl halides is 1. The third kappa shape index (κ3) is 3.51. The molecule has 3 nitrogen and oxygen atoms in total. The van der Waals surface area contributed by atoms with Crippen LogP contribution < -0.4 is 0 Å².